The van der Waals surface area contributed by atoms with Crippen LogP contribution in [0.4, 0.5) is 17.5 Å². The molecule has 0 spiro atoms. The van der Waals surface area contributed by atoms with Crippen molar-refractivity contribution in [3.8, 4) is 11.8 Å². The van der Waals surface area contributed by atoms with E-state index in [0.29, 0.717) is 41.4 Å². The summed E-state index contributed by atoms with van der Waals surface area (Å²) in [7, 11) is 0. The summed E-state index contributed by atoms with van der Waals surface area (Å²) in [6.45, 7) is 0.439. The molecule has 1 aromatic carbocycles. The largest absolute Gasteiger partial charge is 0.382 e. The average Bonchev–Trinajstić information content (AvgIpc) is 3.38. The lowest BCUT2D eigenvalue weighted by atomic mass is 10.1. The van der Waals surface area contributed by atoms with E-state index >= 15 is 0 Å². The van der Waals surface area contributed by atoms with Crippen LogP contribution in [0.3, 0.4) is 0 Å². The summed E-state index contributed by atoms with van der Waals surface area (Å²) in [6, 6.07) is 11.5. The number of fused-ring (bicyclic) bond motifs is 1. The Morgan fingerprint density at radius 1 is 1.34 bits per heavy atom. The number of nitro groups is 1. The molecule has 0 saturated heterocycles. The number of rotatable bonds is 7. The van der Waals surface area contributed by atoms with E-state index in [1.165, 1.54) is 15.7 Å². The van der Waals surface area contributed by atoms with Crippen molar-refractivity contribution in [3.05, 3.63) is 63.3 Å². The highest BCUT2D eigenvalue weighted by Crippen LogP contribution is 2.28. The Hall–Kier alpha value is -3.91. The molecular weight excluding hydrogens is 392 g/mol. The van der Waals surface area contributed by atoms with Gasteiger partial charge in [0.05, 0.1) is 11.4 Å². The van der Waals surface area contributed by atoms with E-state index in [1.807, 2.05) is 30.3 Å². The Morgan fingerprint density at radius 2 is 2.14 bits per heavy atom. The Bertz CT molecular complexity index is 1220. The van der Waals surface area contributed by atoms with Crippen LogP contribution in [0.1, 0.15) is 17.7 Å². The Kier molecular flexibility index (Phi) is 4.84. The monoisotopic (exact) mass is 408 g/mol. The fourth-order valence-corrected chi connectivity index (χ4v) is 3.78. The van der Waals surface area contributed by atoms with Crippen LogP contribution in [0.5, 0.6) is 0 Å². The van der Waals surface area contributed by atoms with Crippen molar-refractivity contribution in [2.24, 2.45) is 0 Å². The normalized spacial score (nSPS) is 10.9. The van der Waals surface area contributed by atoms with Gasteiger partial charge in [0.2, 0.25) is 5.82 Å². The highest BCUT2D eigenvalue weighted by Gasteiger charge is 2.23. The maximum Gasteiger partial charge on any atom is 0.372 e. The van der Waals surface area contributed by atoms with Crippen LogP contribution in [-0.2, 0) is 6.42 Å². The SMILES string of the molecule is N#Cc1c(CCCNc2nc3sccn3c2[N+](=O)[O-])nn(-c2ccccc2)c1N. The summed E-state index contributed by atoms with van der Waals surface area (Å²) in [4.78, 5) is 15.7. The zero-order chi connectivity index (χ0) is 20.4. The van der Waals surface area contributed by atoms with Crippen LogP contribution in [-0.4, -0.2) is 30.6 Å². The number of nitrogen functional groups attached to an aromatic ring is 1. The first kappa shape index (κ1) is 18.5. The molecule has 0 fully saturated rings. The van der Waals surface area contributed by atoms with Crippen LogP contribution < -0.4 is 11.1 Å². The first-order valence-electron chi connectivity index (χ1n) is 8.77. The van der Waals surface area contributed by atoms with Gasteiger partial charge in [0.25, 0.3) is 4.96 Å². The summed E-state index contributed by atoms with van der Waals surface area (Å²) in [6.07, 6.45) is 2.71. The zero-order valence-electron chi connectivity index (χ0n) is 15.1. The topological polar surface area (TPSA) is 140 Å². The highest BCUT2D eigenvalue weighted by atomic mass is 32.1. The summed E-state index contributed by atoms with van der Waals surface area (Å²) >= 11 is 1.33. The third kappa shape index (κ3) is 3.37. The second kappa shape index (κ2) is 7.61. The maximum absolute atomic E-state index is 11.4. The number of hydrogen-bond donors (Lipinski definition) is 2. The second-order valence-electron chi connectivity index (χ2n) is 6.19. The Morgan fingerprint density at radius 3 is 2.86 bits per heavy atom. The Balaban J connectivity index is 1.47. The minimum atomic E-state index is -0.453. The number of aryl methyl sites for hydroxylation is 1. The third-order valence-corrected chi connectivity index (χ3v) is 5.16. The number of para-hydroxylation sites is 1. The molecule has 0 bridgehead atoms. The zero-order valence-corrected chi connectivity index (χ0v) is 16.0. The molecule has 0 aliphatic carbocycles. The van der Waals surface area contributed by atoms with Gasteiger partial charge < -0.3 is 21.2 Å². The first-order valence-corrected chi connectivity index (χ1v) is 9.65. The van der Waals surface area contributed by atoms with Gasteiger partial charge in [0, 0.05) is 11.9 Å². The predicted molar refractivity (Wildman–Crippen MR) is 109 cm³/mol. The fraction of sp³-hybridized carbons (Fsp3) is 0.167. The molecule has 0 aliphatic heterocycles. The van der Waals surface area contributed by atoms with Crippen LogP contribution in [0.25, 0.3) is 10.6 Å². The quantitative estimate of drug-likeness (QED) is 0.272. The van der Waals surface area contributed by atoms with Gasteiger partial charge in [-0.3, -0.25) is 0 Å². The molecular formula is C18H16N8O2S. The molecule has 4 aromatic rings. The molecule has 3 aromatic heterocycles. The average molecular weight is 408 g/mol. The van der Waals surface area contributed by atoms with Gasteiger partial charge in [-0.2, -0.15) is 19.7 Å². The van der Waals surface area contributed by atoms with Gasteiger partial charge >= 0.3 is 5.82 Å². The van der Waals surface area contributed by atoms with E-state index in [0.717, 1.165) is 5.69 Å². The number of hydrogen-bond acceptors (Lipinski definition) is 8. The summed E-state index contributed by atoms with van der Waals surface area (Å²) in [5.41, 5.74) is 7.82. The van der Waals surface area contributed by atoms with Crippen LogP contribution >= 0.6 is 11.3 Å². The summed E-state index contributed by atoms with van der Waals surface area (Å²) < 4.78 is 3.00. The number of aromatic nitrogens is 4. The van der Waals surface area contributed by atoms with Crippen molar-refractivity contribution in [1.82, 2.24) is 19.2 Å². The number of nitriles is 1. The molecule has 4 rings (SSSR count). The van der Waals surface area contributed by atoms with Crippen molar-refractivity contribution in [3.63, 3.8) is 0 Å². The van der Waals surface area contributed by atoms with E-state index in [-0.39, 0.29) is 11.6 Å². The standard InChI is InChI=1S/C18H16N8O2S/c19-11-13-14(23-25(15(13)20)12-5-2-1-3-6-12)7-4-8-21-16-17(26(27)28)24-9-10-29-18(24)22-16/h1-3,5-6,9-10,21H,4,7-8,20H2. The minimum Gasteiger partial charge on any atom is -0.382 e. The molecule has 0 saturated carbocycles. The molecule has 29 heavy (non-hydrogen) atoms. The van der Waals surface area contributed by atoms with Crippen molar-refractivity contribution in [2.45, 2.75) is 12.8 Å². The molecule has 0 amide bonds. The van der Waals surface area contributed by atoms with E-state index in [9.17, 15) is 15.4 Å². The molecule has 0 unspecified atom stereocenters. The predicted octanol–water partition coefficient (Wildman–Crippen LogP) is 2.99. The number of nitrogens with two attached hydrogens (primary N) is 1. The van der Waals surface area contributed by atoms with E-state index in [2.05, 4.69) is 21.5 Å². The highest BCUT2D eigenvalue weighted by molar-refractivity contribution is 7.15. The van der Waals surface area contributed by atoms with Crippen LogP contribution in [0.2, 0.25) is 0 Å². The lowest BCUT2D eigenvalue weighted by Gasteiger charge is -2.03. The smallest absolute Gasteiger partial charge is 0.372 e. The van der Waals surface area contributed by atoms with E-state index < -0.39 is 4.92 Å². The fourth-order valence-electron chi connectivity index (χ4n) is 3.07. The van der Waals surface area contributed by atoms with E-state index in [4.69, 9.17) is 5.73 Å². The molecule has 146 valence electrons. The number of anilines is 2. The molecule has 10 nitrogen and oxygen atoms in total. The van der Waals surface area contributed by atoms with Crippen LogP contribution in [0.15, 0.2) is 41.9 Å². The van der Waals surface area contributed by atoms with E-state index in [1.54, 1.807) is 16.3 Å². The molecule has 3 N–H and O–H groups in total. The molecule has 0 radical (unpaired) electrons. The number of imidazole rings is 1. The van der Waals surface area contributed by atoms with Gasteiger partial charge in [-0.15, -0.1) is 0 Å². The van der Waals surface area contributed by atoms with Crippen molar-refractivity contribution in [2.75, 3.05) is 17.6 Å². The van der Waals surface area contributed by atoms with Gasteiger partial charge in [-0.1, -0.05) is 29.5 Å². The van der Waals surface area contributed by atoms with Gasteiger partial charge in [-0.25, -0.2) is 4.68 Å². The lowest BCUT2D eigenvalue weighted by Crippen LogP contribution is -2.06. The molecule has 11 heteroatoms. The van der Waals surface area contributed by atoms with Crippen molar-refractivity contribution < 1.29 is 4.92 Å². The molecule has 0 atom stereocenters. The third-order valence-electron chi connectivity index (χ3n) is 4.40. The summed E-state index contributed by atoms with van der Waals surface area (Å²) in [5.74, 6) is 0.444. The van der Waals surface area contributed by atoms with Crippen molar-refractivity contribution in [1.29, 1.82) is 5.26 Å². The number of benzene rings is 1. The summed E-state index contributed by atoms with van der Waals surface area (Å²) in [5, 5.41) is 30.1. The van der Waals surface area contributed by atoms with Gasteiger partial charge in [0.15, 0.2) is 0 Å². The van der Waals surface area contributed by atoms with Gasteiger partial charge in [-0.05, 0) is 29.9 Å². The number of nitrogens with zero attached hydrogens (tertiary/aromatic N) is 6. The second-order valence-corrected chi connectivity index (χ2v) is 7.07. The minimum absolute atomic E-state index is 0.0865. The Labute approximate surface area is 169 Å². The van der Waals surface area contributed by atoms with Gasteiger partial charge in [0.1, 0.15) is 23.6 Å². The lowest BCUT2D eigenvalue weighted by molar-refractivity contribution is -0.389. The first-order chi connectivity index (χ1) is 14.1. The van der Waals surface area contributed by atoms with Crippen molar-refractivity contribution >= 4 is 33.8 Å². The molecule has 0 aliphatic rings. The van der Waals surface area contributed by atoms with Crippen LogP contribution in [0, 0.1) is 21.4 Å². The number of nitrogens with one attached hydrogen (secondary N) is 1. The maximum atomic E-state index is 11.4. The molecule has 3 heterocycles. The number of thiazole rings is 1.